The Balaban J connectivity index is 1.43. The third-order valence-corrected chi connectivity index (χ3v) is 11.3. The first-order chi connectivity index (χ1) is 17.5. The predicted octanol–water partition coefficient (Wildman–Crippen LogP) is 11.2. The summed E-state index contributed by atoms with van der Waals surface area (Å²) in [6.07, 6.45) is 17.3. The van der Waals surface area contributed by atoms with Crippen molar-refractivity contribution in [1.29, 1.82) is 0 Å². The van der Waals surface area contributed by atoms with E-state index in [9.17, 15) is 9.59 Å². The summed E-state index contributed by atoms with van der Waals surface area (Å²) in [7, 11) is 0. The van der Waals surface area contributed by atoms with Crippen LogP contribution in [0.2, 0.25) is 0 Å². The minimum absolute atomic E-state index is 0.367. The number of thiophene rings is 3. The lowest BCUT2D eigenvalue weighted by Gasteiger charge is -2.16. The van der Waals surface area contributed by atoms with Gasteiger partial charge in [-0.2, -0.15) is 0 Å². The van der Waals surface area contributed by atoms with Gasteiger partial charge in [-0.1, -0.05) is 90.9 Å². The molecule has 0 fully saturated rings. The lowest BCUT2D eigenvalue weighted by atomic mass is 9.89. The van der Waals surface area contributed by atoms with Gasteiger partial charge >= 0.3 is 0 Å². The van der Waals surface area contributed by atoms with Crippen molar-refractivity contribution in [3.8, 4) is 19.5 Å². The molecule has 0 spiro atoms. The SMILES string of the molecule is CCCCCCCCC(CCCCCC)Cc1csc(-c2cc3c(s2)-c2sc(Br)cc2C(=O)C3=O)c1. The second-order valence-electron chi connectivity index (χ2n) is 10.1. The maximum Gasteiger partial charge on any atom is 0.235 e. The fraction of sp³-hybridized carbons (Fsp3) is 0.533. The molecule has 3 aromatic heterocycles. The molecule has 6 heteroatoms. The van der Waals surface area contributed by atoms with Crippen molar-refractivity contribution < 1.29 is 9.59 Å². The molecule has 194 valence electrons. The van der Waals surface area contributed by atoms with Gasteiger partial charge in [-0.05, 0) is 57.4 Å². The van der Waals surface area contributed by atoms with Crippen LogP contribution in [0.3, 0.4) is 0 Å². The summed E-state index contributed by atoms with van der Waals surface area (Å²) in [4.78, 5) is 29.6. The van der Waals surface area contributed by atoms with Crippen LogP contribution in [0.4, 0.5) is 0 Å². The Labute approximate surface area is 236 Å². The van der Waals surface area contributed by atoms with Gasteiger partial charge in [0.1, 0.15) is 0 Å². The van der Waals surface area contributed by atoms with Crippen LogP contribution in [0.15, 0.2) is 27.4 Å². The van der Waals surface area contributed by atoms with Crippen LogP contribution in [0.25, 0.3) is 19.5 Å². The van der Waals surface area contributed by atoms with Gasteiger partial charge in [0.25, 0.3) is 0 Å². The first-order valence-corrected chi connectivity index (χ1v) is 16.9. The molecule has 1 aliphatic rings. The average molecular weight is 606 g/mol. The Morgan fingerprint density at radius 1 is 0.722 bits per heavy atom. The average Bonchev–Trinajstić information content (AvgIpc) is 3.60. The second kappa shape index (κ2) is 13.6. The standard InChI is InChI=1S/C30H37BrO2S3/c1-3-5-7-9-10-12-14-20(13-11-8-6-4-2)15-21-16-24(34-19-21)25-17-22-27(32)28(33)23-18-26(31)36-30(23)29(22)35-25/h16-20H,3-15H2,1-2H3. The summed E-state index contributed by atoms with van der Waals surface area (Å²) in [6, 6.07) is 6.07. The largest absolute Gasteiger partial charge is 0.285 e. The molecule has 1 aliphatic carbocycles. The van der Waals surface area contributed by atoms with Gasteiger partial charge in [-0.3, -0.25) is 9.59 Å². The molecule has 0 saturated carbocycles. The molecule has 3 aromatic rings. The minimum Gasteiger partial charge on any atom is -0.285 e. The molecule has 36 heavy (non-hydrogen) atoms. The zero-order chi connectivity index (χ0) is 25.5. The third-order valence-electron chi connectivity index (χ3n) is 7.19. The first-order valence-electron chi connectivity index (χ1n) is 13.6. The van der Waals surface area contributed by atoms with Gasteiger partial charge in [0.15, 0.2) is 0 Å². The quantitative estimate of drug-likeness (QED) is 0.128. The van der Waals surface area contributed by atoms with Crippen molar-refractivity contribution in [2.45, 2.75) is 97.3 Å². The maximum atomic E-state index is 12.8. The summed E-state index contributed by atoms with van der Waals surface area (Å²) < 4.78 is 0.894. The van der Waals surface area contributed by atoms with Gasteiger partial charge in [-0.15, -0.1) is 34.0 Å². The number of unbranched alkanes of at least 4 members (excludes halogenated alkanes) is 8. The van der Waals surface area contributed by atoms with E-state index in [1.807, 2.05) is 6.07 Å². The summed E-state index contributed by atoms with van der Waals surface area (Å²) in [5, 5.41) is 2.31. The zero-order valence-corrected chi connectivity index (χ0v) is 25.5. The Morgan fingerprint density at radius 2 is 1.31 bits per heavy atom. The Hall–Kier alpha value is -1.08. The topological polar surface area (TPSA) is 34.1 Å². The second-order valence-corrected chi connectivity index (χ2v) is 14.5. The Morgan fingerprint density at radius 3 is 2.00 bits per heavy atom. The molecule has 0 amide bonds. The van der Waals surface area contributed by atoms with Crippen molar-refractivity contribution in [2.24, 2.45) is 5.92 Å². The molecule has 4 rings (SSSR count). The molecule has 0 saturated heterocycles. The van der Waals surface area contributed by atoms with Crippen LogP contribution >= 0.6 is 49.9 Å². The molecule has 0 N–H and O–H groups in total. The Bertz CT molecular complexity index is 1170. The molecule has 3 heterocycles. The van der Waals surface area contributed by atoms with E-state index in [1.165, 1.54) is 87.5 Å². The number of hydrogen-bond donors (Lipinski definition) is 0. The van der Waals surface area contributed by atoms with E-state index in [-0.39, 0.29) is 11.6 Å². The summed E-state index contributed by atoms with van der Waals surface area (Å²) in [5.41, 5.74) is 2.55. The van der Waals surface area contributed by atoms with Gasteiger partial charge < -0.3 is 0 Å². The molecule has 0 bridgehead atoms. The molecule has 0 aromatic carbocycles. The van der Waals surface area contributed by atoms with Crippen molar-refractivity contribution in [3.05, 3.63) is 44.1 Å². The Kier molecular flexibility index (Phi) is 10.6. The van der Waals surface area contributed by atoms with Crippen molar-refractivity contribution >= 4 is 61.5 Å². The fourth-order valence-electron chi connectivity index (χ4n) is 5.16. The molecule has 2 nitrogen and oxygen atoms in total. The number of halogens is 1. The van der Waals surface area contributed by atoms with Gasteiger partial charge in [0.2, 0.25) is 11.6 Å². The van der Waals surface area contributed by atoms with Gasteiger partial charge in [-0.25, -0.2) is 0 Å². The maximum absolute atomic E-state index is 12.8. The van der Waals surface area contributed by atoms with E-state index >= 15 is 0 Å². The normalized spacial score (nSPS) is 13.8. The zero-order valence-electron chi connectivity index (χ0n) is 21.5. The van der Waals surface area contributed by atoms with E-state index in [0.29, 0.717) is 11.1 Å². The van der Waals surface area contributed by atoms with Crippen LogP contribution in [0.5, 0.6) is 0 Å². The van der Waals surface area contributed by atoms with E-state index in [4.69, 9.17) is 0 Å². The van der Waals surface area contributed by atoms with Crippen molar-refractivity contribution in [2.75, 3.05) is 0 Å². The summed E-state index contributed by atoms with van der Waals surface area (Å²) >= 11 is 8.46. The lowest BCUT2D eigenvalue weighted by Crippen LogP contribution is -2.18. The molecular weight excluding hydrogens is 568 g/mol. The molecule has 0 radical (unpaired) electrons. The predicted molar refractivity (Wildman–Crippen MR) is 161 cm³/mol. The first kappa shape index (κ1) is 27.9. The number of Topliss-reactive ketones (excluding diaryl/α,β-unsaturated/α-hetero) is 2. The minimum atomic E-state index is -0.378. The number of carbonyl (C=O) groups excluding carboxylic acids is 2. The van der Waals surface area contributed by atoms with Gasteiger partial charge in [0, 0.05) is 20.9 Å². The van der Waals surface area contributed by atoms with Gasteiger partial charge in [0.05, 0.1) is 13.5 Å². The highest BCUT2D eigenvalue weighted by molar-refractivity contribution is 9.11. The van der Waals surface area contributed by atoms with Crippen LogP contribution in [-0.4, -0.2) is 11.6 Å². The van der Waals surface area contributed by atoms with Crippen molar-refractivity contribution in [3.63, 3.8) is 0 Å². The van der Waals surface area contributed by atoms with E-state index < -0.39 is 0 Å². The van der Waals surface area contributed by atoms with E-state index in [2.05, 4.69) is 41.2 Å². The highest BCUT2D eigenvalue weighted by atomic mass is 79.9. The van der Waals surface area contributed by atoms with Crippen LogP contribution in [0.1, 0.15) is 117 Å². The van der Waals surface area contributed by atoms with Crippen LogP contribution in [-0.2, 0) is 6.42 Å². The highest BCUT2D eigenvalue weighted by Crippen LogP contribution is 2.48. The highest BCUT2D eigenvalue weighted by Gasteiger charge is 2.34. The fourth-order valence-corrected chi connectivity index (χ4v) is 9.09. The number of hydrogen-bond acceptors (Lipinski definition) is 5. The van der Waals surface area contributed by atoms with Crippen molar-refractivity contribution in [1.82, 2.24) is 0 Å². The molecule has 1 atom stereocenters. The summed E-state index contributed by atoms with van der Waals surface area (Å²) in [5.74, 6) is 0.0155. The summed E-state index contributed by atoms with van der Waals surface area (Å²) in [6.45, 7) is 4.56. The monoisotopic (exact) mass is 604 g/mol. The molecular formula is C30H37BrO2S3. The lowest BCUT2D eigenvalue weighted by molar-refractivity contribution is 0.0816. The van der Waals surface area contributed by atoms with E-state index in [1.54, 1.807) is 40.1 Å². The molecule has 0 aliphatic heterocycles. The third kappa shape index (κ3) is 6.86. The number of carbonyl (C=O) groups is 2. The number of ketones is 2. The van der Waals surface area contributed by atoms with Crippen LogP contribution < -0.4 is 0 Å². The van der Waals surface area contributed by atoms with E-state index in [0.717, 1.165) is 30.8 Å². The number of fused-ring (bicyclic) bond motifs is 3. The number of rotatable bonds is 15. The smallest absolute Gasteiger partial charge is 0.235 e. The van der Waals surface area contributed by atoms with Crippen LogP contribution in [0, 0.1) is 5.92 Å². The molecule has 1 unspecified atom stereocenters.